The zero-order valence-corrected chi connectivity index (χ0v) is 14.8. The number of esters is 1. The molecule has 0 saturated carbocycles. The molecule has 22 heavy (non-hydrogen) atoms. The van der Waals surface area contributed by atoms with E-state index in [1.54, 1.807) is 0 Å². The molecule has 122 valence electrons. The average Bonchev–Trinajstić information content (AvgIpc) is 2.51. The number of aryl methyl sites for hydroxylation is 2. The van der Waals surface area contributed by atoms with Crippen molar-refractivity contribution >= 4 is 23.6 Å². The van der Waals surface area contributed by atoms with E-state index in [1.165, 1.54) is 24.4 Å². The first-order valence-corrected chi connectivity index (χ1v) is 8.44. The van der Waals surface area contributed by atoms with Crippen LogP contribution >= 0.6 is 11.8 Å². The van der Waals surface area contributed by atoms with Crippen LogP contribution < -0.4 is 5.32 Å². The molecule has 1 N–H and O–H groups in total. The molecular formula is C17H25NO3S. The highest BCUT2D eigenvalue weighted by molar-refractivity contribution is 8.00. The Balaban J connectivity index is 2.64. The summed E-state index contributed by atoms with van der Waals surface area (Å²) < 4.78 is 4.77. The van der Waals surface area contributed by atoms with Gasteiger partial charge in [-0.2, -0.15) is 0 Å². The number of nitrogens with one attached hydrogen (secondary N) is 1. The summed E-state index contributed by atoms with van der Waals surface area (Å²) in [6.07, 6.45) is 0.796. The third-order valence-corrected chi connectivity index (χ3v) is 4.84. The van der Waals surface area contributed by atoms with Crippen LogP contribution in [-0.4, -0.2) is 30.8 Å². The second kappa shape index (κ2) is 8.83. The Kier molecular flexibility index (Phi) is 7.45. The fourth-order valence-corrected chi connectivity index (χ4v) is 2.95. The summed E-state index contributed by atoms with van der Waals surface area (Å²) in [6, 6.07) is 5.59. The van der Waals surface area contributed by atoms with Gasteiger partial charge in [0.2, 0.25) is 5.91 Å². The minimum Gasteiger partial charge on any atom is -0.467 e. The molecule has 1 aromatic carbocycles. The van der Waals surface area contributed by atoms with E-state index in [-0.39, 0.29) is 23.5 Å². The predicted octanol–water partition coefficient (Wildman–Crippen LogP) is 3.10. The molecule has 0 bridgehead atoms. The SMILES string of the molecule is CCC(C)C(NC(=O)CSc1cc(C)ccc1C)C(=O)OC. The van der Waals surface area contributed by atoms with Gasteiger partial charge in [-0.05, 0) is 31.4 Å². The van der Waals surface area contributed by atoms with Gasteiger partial charge in [-0.25, -0.2) is 4.79 Å². The molecule has 0 aliphatic heterocycles. The topological polar surface area (TPSA) is 55.4 Å². The van der Waals surface area contributed by atoms with Gasteiger partial charge in [0.05, 0.1) is 12.9 Å². The standard InChI is InChI=1S/C17H25NO3S/c1-6-12(3)16(17(20)21-5)18-15(19)10-22-14-9-11(2)7-8-13(14)4/h7-9,12,16H,6,10H2,1-5H3,(H,18,19). The number of hydrogen-bond acceptors (Lipinski definition) is 4. The zero-order valence-electron chi connectivity index (χ0n) is 13.9. The van der Waals surface area contributed by atoms with Crippen molar-refractivity contribution < 1.29 is 14.3 Å². The van der Waals surface area contributed by atoms with Crippen LogP contribution in [-0.2, 0) is 14.3 Å². The molecule has 0 radical (unpaired) electrons. The molecule has 1 rings (SSSR count). The van der Waals surface area contributed by atoms with Crippen molar-refractivity contribution in [3.05, 3.63) is 29.3 Å². The molecule has 0 fully saturated rings. The quantitative estimate of drug-likeness (QED) is 0.619. The Labute approximate surface area is 137 Å². The third-order valence-electron chi connectivity index (χ3n) is 3.69. The number of benzene rings is 1. The second-order valence-electron chi connectivity index (χ2n) is 5.51. The van der Waals surface area contributed by atoms with E-state index in [9.17, 15) is 9.59 Å². The molecule has 0 aromatic heterocycles. The number of hydrogen-bond donors (Lipinski definition) is 1. The first-order valence-electron chi connectivity index (χ1n) is 7.46. The highest BCUT2D eigenvalue weighted by Crippen LogP contribution is 2.23. The number of amides is 1. The first-order chi connectivity index (χ1) is 10.4. The smallest absolute Gasteiger partial charge is 0.328 e. The molecule has 1 aromatic rings. The maximum Gasteiger partial charge on any atom is 0.328 e. The van der Waals surface area contributed by atoms with Crippen LogP contribution in [0.25, 0.3) is 0 Å². The molecule has 2 atom stereocenters. The van der Waals surface area contributed by atoms with Crippen LogP contribution in [0.1, 0.15) is 31.4 Å². The maximum absolute atomic E-state index is 12.1. The van der Waals surface area contributed by atoms with Crippen LogP contribution in [0.2, 0.25) is 0 Å². The Morgan fingerprint density at radius 1 is 1.32 bits per heavy atom. The van der Waals surface area contributed by atoms with Crippen molar-refractivity contribution in [1.82, 2.24) is 5.32 Å². The van der Waals surface area contributed by atoms with Gasteiger partial charge in [0.25, 0.3) is 0 Å². The lowest BCUT2D eigenvalue weighted by atomic mass is 9.99. The lowest BCUT2D eigenvalue weighted by Gasteiger charge is -2.21. The number of ether oxygens (including phenoxy) is 1. The van der Waals surface area contributed by atoms with Crippen LogP contribution in [0.3, 0.4) is 0 Å². The lowest BCUT2D eigenvalue weighted by Crippen LogP contribution is -2.46. The van der Waals surface area contributed by atoms with Crippen LogP contribution in [0, 0.1) is 19.8 Å². The molecule has 5 heteroatoms. The molecule has 0 spiro atoms. The van der Waals surface area contributed by atoms with Crippen molar-refractivity contribution in [2.75, 3.05) is 12.9 Å². The largest absolute Gasteiger partial charge is 0.467 e. The lowest BCUT2D eigenvalue weighted by molar-refractivity contribution is -0.146. The van der Waals surface area contributed by atoms with E-state index in [0.717, 1.165) is 16.9 Å². The van der Waals surface area contributed by atoms with E-state index < -0.39 is 6.04 Å². The normalized spacial score (nSPS) is 13.3. The number of thioether (sulfide) groups is 1. The summed E-state index contributed by atoms with van der Waals surface area (Å²) in [4.78, 5) is 25.0. The van der Waals surface area contributed by atoms with Crippen LogP contribution in [0.4, 0.5) is 0 Å². The summed E-state index contributed by atoms with van der Waals surface area (Å²) in [5.41, 5.74) is 2.32. The van der Waals surface area contributed by atoms with Gasteiger partial charge in [-0.3, -0.25) is 4.79 Å². The molecule has 0 saturated heterocycles. The van der Waals surface area contributed by atoms with Crippen LogP contribution in [0.15, 0.2) is 23.1 Å². The van der Waals surface area contributed by atoms with E-state index in [1.807, 2.05) is 33.8 Å². The van der Waals surface area contributed by atoms with Crippen molar-refractivity contribution in [1.29, 1.82) is 0 Å². The van der Waals surface area contributed by atoms with E-state index in [0.29, 0.717) is 0 Å². The molecular weight excluding hydrogens is 298 g/mol. The monoisotopic (exact) mass is 323 g/mol. The summed E-state index contributed by atoms with van der Waals surface area (Å²) in [7, 11) is 1.34. The average molecular weight is 323 g/mol. The van der Waals surface area contributed by atoms with E-state index in [4.69, 9.17) is 4.74 Å². The summed E-state index contributed by atoms with van der Waals surface area (Å²) >= 11 is 1.49. The first kappa shape index (κ1) is 18.6. The molecule has 1 amide bonds. The van der Waals surface area contributed by atoms with Gasteiger partial charge in [-0.1, -0.05) is 38.0 Å². The maximum atomic E-state index is 12.1. The van der Waals surface area contributed by atoms with Crippen molar-refractivity contribution in [3.63, 3.8) is 0 Å². The molecule has 2 unspecified atom stereocenters. The summed E-state index contributed by atoms with van der Waals surface area (Å²) in [5.74, 6) is -0.211. The van der Waals surface area contributed by atoms with Gasteiger partial charge < -0.3 is 10.1 Å². The van der Waals surface area contributed by atoms with Gasteiger partial charge in [0.15, 0.2) is 0 Å². The van der Waals surface area contributed by atoms with Gasteiger partial charge >= 0.3 is 5.97 Å². The predicted molar refractivity (Wildman–Crippen MR) is 90.0 cm³/mol. The van der Waals surface area contributed by atoms with Crippen LogP contribution in [0.5, 0.6) is 0 Å². The molecule has 0 heterocycles. The third kappa shape index (κ3) is 5.37. The summed E-state index contributed by atoms with van der Waals surface area (Å²) in [6.45, 7) is 7.97. The number of rotatable bonds is 7. The Morgan fingerprint density at radius 3 is 2.59 bits per heavy atom. The van der Waals surface area contributed by atoms with E-state index >= 15 is 0 Å². The second-order valence-corrected chi connectivity index (χ2v) is 6.53. The Bertz CT molecular complexity index is 531. The molecule has 0 aliphatic rings. The van der Waals surface area contributed by atoms with E-state index in [2.05, 4.69) is 17.4 Å². The fraction of sp³-hybridized carbons (Fsp3) is 0.529. The van der Waals surface area contributed by atoms with Gasteiger partial charge in [-0.15, -0.1) is 11.8 Å². The van der Waals surface area contributed by atoms with Gasteiger partial charge in [0, 0.05) is 4.90 Å². The fourth-order valence-electron chi connectivity index (χ4n) is 2.02. The highest BCUT2D eigenvalue weighted by Gasteiger charge is 2.26. The van der Waals surface area contributed by atoms with Crippen molar-refractivity contribution in [2.24, 2.45) is 5.92 Å². The van der Waals surface area contributed by atoms with Crippen molar-refractivity contribution in [3.8, 4) is 0 Å². The Hall–Kier alpha value is -1.49. The molecule has 4 nitrogen and oxygen atoms in total. The van der Waals surface area contributed by atoms with Gasteiger partial charge in [0.1, 0.15) is 6.04 Å². The molecule has 0 aliphatic carbocycles. The number of carbonyl (C=O) groups excluding carboxylic acids is 2. The minimum absolute atomic E-state index is 0.0436. The summed E-state index contributed by atoms with van der Waals surface area (Å²) in [5, 5.41) is 2.79. The Morgan fingerprint density at radius 2 is 2.00 bits per heavy atom. The number of methoxy groups -OCH3 is 1. The minimum atomic E-state index is -0.582. The number of carbonyl (C=O) groups is 2. The highest BCUT2D eigenvalue weighted by atomic mass is 32.2. The zero-order chi connectivity index (χ0) is 16.7. The van der Waals surface area contributed by atoms with Crippen molar-refractivity contribution in [2.45, 2.75) is 45.1 Å².